The van der Waals surface area contributed by atoms with Crippen molar-refractivity contribution in [3.05, 3.63) is 5.82 Å². The van der Waals surface area contributed by atoms with Crippen LogP contribution in [0.1, 0.15) is 31.5 Å². The summed E-state index contributed by atoms with van der Waals surface area (Å²) in [6, 6.07) is 0. The third kappa shape index (κ3) is 2.24. The van der Waals surface area contributed by atoms with Gasteiger partial charge in [0.25, 0.3) is 0 Å². The number of H-pyrrole nitrogens is 1. The van der Waals surface area contributed by atoms with Crippen molar-refractivity contribution < 1.29 is 0 Å². The van der Waals surface area contributed by atoms with E-state index in [1.165, 1.54) is 25.7 Å². The molecule has 1 saturated heterocycles. The Morgan fingerprint density at radius 2 is 2.05 bits per heavy atom. The van der Waals surface area contributed by atoms with E-state index < -0.39 is 0 Å². The number of aromatic amines is 1. The van der Waals surface area contributed by atoms with Crippen molar-refractivity contribution in [2.75, 3.05) is 31.1 Å². The van der Waals surface area contributed by atoms with E-state index in [1.54, 1.807) is 0 Å². The number of piperazine rings is 1. The van der Waals surface area contributed by atoms with Gasteiger partial charge < -0.3 is 10.2 Å². The van der Waals surface area contributed by atoms with Gasteiger partial charge in [0.2, 0.25) is 5.95 Å². The highest BCUT2D eigenvalue weighted by molar-refractivity contribution is 5.29. The van der Waals surface area contributed by atoms with Gasteiger partial charge in [-0.25, -0.2) is 0 Å². The van der Waals surface area contributed by atoms with Crippen LogP contribution in [0.15, 0.2) is 0 Å². The van der Waals surface area contributed by atoms with Gasteiger partial charge in [-0.15, -0.1) is 5.10 Å². The fraction of sp³-hybridized carbons (Fsp3) is 0.857. The van der Waals surface area contributed by atoms with Crippen molar-refractivity contribution in [2.45, 2.75) is 32.1 Å². The summed E-state index contributed by atoms with van der Waals surface area (Å²) in [5.41, 5.74) is 0. The fourth-order valence-corrected chi connectivity index (χ4v) is 4.26. The Labute approximate surface area is 114 Å². The summed E-state index contributed by atoms with van der Waals surface area (Å²) < 4.78 is 0. The van der Waals surface area contributed by atoms with Crippen molar-refractivity contribution >= 4 is 5.95 Å². The Kier molecular flexibility index (Phi) is 2.94. The van der Waals surface area contributed by atoms with Crippen LogP contribution in [-0.2, 0) is 6.42 Å². The molecule has 3 fully saturated rings. The molecule has 0 aromatic carbocycles. The molecule has 2 N–H and O–H groups in total. The predicted molar refractivity (Wildman–Crippen MR) is 74.1 cm³/mol. The van der Waals surface area contributed by atoms with Crippen molar-refractivity contribution in [3.63, 3.8) is 0 Å². The molecular weight excluding hydrogens is 238 g/mol. The number of anilines is 1. The lowest BCUT2D eigenvalue weighted by molar-refractivity contribution is 0.327. The molecular formula is C14H23N5. The molecule has 19 heavy (non-hydrogen) atoms. The monoisotopic (exact) mass is 261 g/mol. The molecule has 3 atom stereocenters. The maximum absolute atomic E-state index is 4.71. The zero-order chi connectivity index (χ0) is 12.7. The summed E-state index contributed by atoms with van der Waals surface area (Å²) in [7, 11) is 0. The molecule has 2 heterocycles. The molecule has 3 unspecified atom stereocenters. The van der Waals surface area contributed by atoms with Crippen LogP contribution in [0, 0.1) is 17.8 Å². The average molecular weight is 261 g/mol. The Hall–Kier alpha value is -1.10. The van der Waals surface area contributed by atoms with Gasteiger partial charge in [-0.1, -0.05) is 6.42 Å². The number of rotatable bonds is 3. The highest BCUT2D eigenvalue weighted by Crippen LogP contribution is 2.49. The topological polar surface area (TPSA) is 56.8 Å². The number of hydrogen-bond donors (Lipinski definition) is 2. The molecule has 1 aromatic heterocycles. The molecule has 104 valence electrons. The lowest BCUT2D eigenvalue weighted by atomic mass is 9.86. The van der Waals surface area contributed by atoms with Crippen LogP contribution in [0.5, 0.6) is 0 Å². The second-order valence-electron chi connectivity index (χ2n) is 6.46. The Morgan fingerprint density at radius 1 is 1.16 bits per heavy atom. The van der Waals surface area contributed by atoms with Gasteiger partial charge in [-0.2, -0.15) is 4.98 Å². The van der Waals surface area contributed by atoms with Gasteiger partial charge in [0.15, 0.2) is 0 Å². The van der Waals surface area contributed by atoms with Crippen LogP contribution >= 0.6 is 0 Å². The molecule has 1 aliphatic heterocycles. The average Bonchev–Trinajstić information content (AvgIpc) is 3.16. The van der Waals surface area contributed by atoms with E-state index in [9.17, 15) is 0 Å². The summed E-state index contributed by atoms with van der Waals surface area (Å²) >= 11 is 0. The van der Waals surface area contributed by atoms with E-state index in [-0.39, 0.29) is 0 Å². The summed E-state index contributed by atoms with van der Waals surface area (Å²) in [6.07, 6.45) is 6.94. The number of fused-ring (bicyclic) bond motifs is 2. The summed E-state index contributed by atoms with van der Waals surface area (Å²) in [5, 5.41) is 10.9. The van der Waals surface area contributed by atoms with Crippen molar-refractivity contribution in [2.24, 2.45) is 17.8 Å². The number of hydrogen-bond acceptors (Lipinski definition) is 4. The minimum Gasteiger partial charge on any atom is -0.337 e. The molecule has 3 aliphatic rings. The first kappa shape index (κ1) is 11.7. The summed E-state index contributed by atoms with van der Waals surface area (Å²) in [5.74, 6) is 4.86. The van der Waals surface area contributed by atoms with Crippen LogP contribution < -0.4 is 10.2 Å². The SMILES string of the molecule is C1CN(c2n[nH]c(CC3CC4CCC3C4)n2)CCN1. The highest BCUT2D eigenvalue weighted by Gasteiger charge is 2.39. The molecule has 5 heteroatoms. The van der Waals surface area contributed by atoms with Crippen LogP contribution in [0.3, 0.4) is 0 Å². The first-order valence-electron chi connectivity index (χ1n) is 7.75. The quantitative estimate of drug-likeness (QED) is 0.858. The van der Waals surface area contributed by atoms with Gasteiger partial charge in [0.05, 0.1) is 0 Å². The van der Waals surface area contributed by atoms with E-state index in [0.717, 1.165) is 62.1 Å². The normalized spacial score (nSPS) is 34.1. The van der Waals surface area contributed by atoms with Crippen LogP contribution in [0.25, 0.3) is 0 Å². The second-order valence-corrected chi connectivity index (χ2v) is 6.46. The molecule has 5 nitrogen and oxygen atoms in total. The standard InChI is InChI=1S/C14H23N5/c1-2-11-7-10(1)8-12(11)9-13-16-14(18-17-13)19-5-3-15-4-6-19/h10-12,15H,1-9H2,(H,16,17,18). The van der Waals surface area contributed by atoms with E-state index in [0.29, 0.717) is 0 Å². The minimum absolute atomic E-state index is 0.863. The molecule has 0 spiro atoms. The molecule has 2 saturated carbocycles. The van der Waals surface area contributed by atoms with Crippen molar-refractivity contribution in [1.82, 2.24) is 20.5 Å². The third-order valence-corrected chi connectivity index (χ3v) is 5.26. The van der Waals surface area contributed by atoms with E-state index in [1.807, 2.05) is 0 Å². The maximum Gasteiger partial charge on any atom is 0.244 e. The number of nitrogens with one attached hydrogen (secondary N) is 2. The lowest BCUT2D eigenvalue weighted by Crippen LogP contribution is -2.44. The molecule has 2 bridgehead atoms. The lowest BCUT2D eigenvalue weighted by Gasteiger charge is -2.25. The van der Waals surface area contributed by atoms with Gasteiger partial charge in [-0.05, 0) is 37.0 Å². The number of nitrogens with zero attached hydrogens (tertiary/aromatic N) is 3. The van der Waals surface area contributed by atoms with Crippen LogP contribution in [0.4, 0.5) is 5.95 Å². The molecule has 0 amide bonds. The molecule has 4 rings (SSSR count). The zero-order valence-electron chi connectivity index (χ0n) is 11.4. The Balaban J connectivity index is 1.40. The minimum atomic E-state index is 0.863. The predicted octanol–water partition coefficient (Wildman–Crippen LogP) is 1.19. The fourth-order valence-electron chi connectivity index (χ4n) is 4.26. The summed E-state index contributed by atoms with van der Waals surface area (Å²) in [6.45, 7) is 4.11. The van der Waals surface area contributed by atoms with Gasteiger partial charge in [0.1, 0.15) is 5.82 Å². The van der Waals surface area contributed by atoms with Crippen LogP contribution in [0.2, 0.25) is 0 Å². The largest absolute Gasteiger partial charge is 0.337 e. The molecule has 1 aromatic rings. The Bertz CT molecular complexity index is 437. The molecule has 0 radical (unpaired) electrons. The Morgan fingerprint density at radius 3 is 2.79 bits per heavy atom. The highest BCUT2D eigenvalue weighted by atomic mass is 15.4. The first-order chi connectivity index (χ1) is 9.38. The third-order valence-electron chi connectivity index (χ3n) is 5.26. The smallest absolute Gasteiger partial charge is 0.244 e. The van der Waals surface area contributed by atoms with Crippen molar-refractivity contribution in [1.29, 1.82) is 0 Å². The van der Waals surface area contributed by atoms with Crippen LogP contribution in [-0.4, -0.2) is 41.4 Å². The van der Waals surface area contributed by atoms with E-state index >= 15 is 0 Å². The second kappa shape index (κ2) is 4.78. The van der Waals surface area contributed by atoms with Crippen molar-refractivity contribution in [3.8, 4) is 0 Å². The van der Waals surface area contributed by atoms with E-state index in [2.05, 4.69) is 20.4 Å². The maximum atomic E-state index is 4.71. The summed E-state index contributed by atoms with van der Waals surface area (Å²) in [4.78, 5) is 6.99. The zero-order valence-corrected chi connectivity index (χ0v) is 11.4. The molecule has 2 aliphatic carbocycles. The van der Waals surface area contributed by atoms with Gasteiger partial charge >= 0.3 is 0 Å². The first-order valence-corrected chi connectivity index (χ1v) is 7.75. The van der Waals surface area contributed by atoms with Gasteiger partial charge in [0, 0.05) is 32.6 Å². The number of aromatic nitrogens is 3. The van der Waals surface area contributed by atoms with Gasteiger partial charge in [-0.3, -0.25) is 5.10 Å². The van der Waals surface area contributed by atoms with E-state index in [4.69, 9.17) is 4.98 Å².